The Hall–Kier alpha value is -3.26. The van der Waals surface area contributed by atoms with Crippen molar-refractivity contribution < 1.29 is 14.8 Å². The van der Waals surface area contributed by atoms with Crippen molar-refractivity contribution in [3.05, 3.63) is 60.1 Å². The molecular weight excluding hydrogens is 370 g/mol. The van der Waals surface area contributed by atoms with Gasteiger partial charge in [-0.1, -0.05) is 44.2 Å². The van der Waals surface area contributed by atoms with Crippen LogP contribution in [0.4, 0.5) is 5.82 Å². The van der Waals surface area contributed by atoms with Crippen LogP contribution < -0.4 is 16.1 Å². The third kappa shape index (κ3) is 7.34. The first-order chi connectivity index (χ1) is 13.9. The SMILES string of the molecule is CC(C)C[C@@H](Nc1cnc(/C=C/C(=O)NO)cn1)C(=O)N[C@@H](C)c1ccccc1. The van der Waals surface area contributed by atoms with E-state index in [0.29, 0.717) is 23.9 Å². The quantitative estimate of drug-likeness (QED) is 0.294. The standard InChI is InChI=1S/C21H27N5O3/c1-14(2)11-18(21(28)24-15(3)16-7-5-4-6-8-16)25-19-13-22-17(12-23-19)9-10-20(27)26-29/h4-10,12-15,18,29H,11H2,1-3H3,(H,23,25)(H,24,28)(H,26,27)/b10-9+/t15-,18+/m0/s1. The van der Waals surface area contributed by atoms with Gasteiger partial charge in [-0.05, 0) is 30.9 Å². The molecule has 2 atom stereocenters. The number of rotatable bonds is 9. The van der Waals surface area contributed by atoms with E-state index in [1.54, 1.807) is 0 Å². The van der Waals surface area contributed by atoms with Crippen LogP contribution in [0.5, 0.6) is 0 Å². The first-order valence-corrected chi connectivity index (χ1v) is 9.45. The summed E-state index contributed by atoms with van der Waals surface area (Å²) < 4.78 is 0. The van der Waals surface area contributed by atoms with Crippen molar-refractivity contribution in [3.8, 4) is 0 Å². The number of anilines is 1. The molecule has 154 valence electrons. The molecule has 0 aliphatic rings. The van der Waals surface area contributed by atoms with Gasteiger partial charge in [0.1, 0.15) is 11.9 Å². The average Bonchev–Trinajstić information content (AvgIpc) is 2.72. The molecule has 2 amide bonds. The summed E-state index contributed by atoms with van der Waals surface area (Å²) in [7, 11) is 0. The van der Waals surface area contributed by atoms with Crippen molar-refractivity contribution in [1.29, 1.82) is 0 Å². The van der Waals surface area contributed by atoms with Gasteiger partial charge in [0.2, 0.25) is 5.91 Å². The predicted molar refractivity (Wildman–Crippen MR) is 111 cm³/mol. The Morgan fingerprint density at radius 3 is 2.41 bits per heavy atom. The van der Waals surface area contributed by atoms with Crippen molar-refractivity contribution in [2.24, 2.45) is 5.92 Å². The fourth-order valence-corrected chi connectivity index (χ4v) is 2.72. The summed E-state index contributed by atoms with van der Waals surface area (Å²) >= 11 is 0. The molecule has 8 nitrogen and oxygen atoms in total. The molecular formula is C21H27N5O3. The van der Waals surface area contributed by atoms with E-state index in [-0.39, 0.29) is 11.9 Å². The fourth-order valence-electron chi connectivity index (χ4n) is 2.72. The molecule has 2 rings (SSSR count). The number of nitrogens with zero attached hydrogens (tertiary/aromatic N) is 2. The van der Waals surface area contributed by atoms with Gasteiger partial charge in [0.05, 0.1) is 24.1 Å². The van der Waals surface area contributed by atoms with Gasteiger partial charge >= 0.3 is 0 Å². The highest BCUT2D eigenvalue weighted by atomic mass is 16.5. The maximum absolute atomic E-state index is 12.8. The lowest BCUT2D eigenvalue weighted by Crippen LogP contribution is -2.41. The second kappa shape index (κ2) is 10.9. The topological polar surface area (TPSA) is 116 Å². The Bertz CT molecular complexity index is 822. The zero-order valence-electron chi connectivity index (χ0n) is 16.8. The van der Waals surface area contributed by atoms with E-state index >= 15 is 0 Å². The molecule has 8 heteroatoms. The molecule has 0 unspecified atom stereocenters. The zero-order valence-corrected chi connectivity index (χ0v) is 16.8. The number of benzene rings is 1. The lowest BCUT2D eigenvalue weighted by atomic mass is 10.0. The normalized spacial score (nSPS) is 13.1. The van der Waals surface area contributed by atoms with E-state index in [9.17, 15) is 9.59 Å². The average molecular weight is 397 g/mol. The lowest BCUT2D eigenvalue weighted by molar-refractivity contribution is -0.124. The van der Waals surface area contributed by atoms with Gasteiger partial charge in [-0.2, -0.15) is 0 Å². The van der Waals surface area contributed by atoms with Crippen LogP contribution in [0.25, 0.3) is 6.08 Å². The molecule has 1 heterocycles. The van der Waals surface area contributed by atoms with Gasteiger partial charge in [-0.25, -0.2) is 10.5 Å². The summed E-state index contributed by atoms with van der Waals surface area (Å²) in [6, 6.07) is 9.20. The van der Waals surface area contributed by atoms with Crippen molar-refractivity contribution >= 4 is 23.7 Å². The van der Waals surface area contributed by atoms with Crippen LogP contribution in [0.2, 0.25) is 0 Å². The van der Waals surface area contributed by atoms with E-state index in [0.717, 1.165) is 11.6 Å². The smallest absolute Gasteiger partial charge is 0.267 e. The Morgan fingerprint density at radius 2 is 1.83 bits per heavy atom. The highest BCUT2D eigenvalue weighted by Crippen LogP contribution is 2.15. The Morgan fingerprint density at radius 1 is 1.10 bits per heavy atom. The maximum atomic E-state index is 12.8. The van der Waals surface area contributed by atoms with E-state index in [1.807, 2.05) is 51.1 Å². The number of carbonyl (C=O) groups excluding carboxylic acids is 2. The Labute approximate surface area is 170 Å². The monoisotopic (exact) mass is 397 g/mol. The van der Waals surface area contributed by atoms with Gasteiger partial charge < -0.3 is 10.6 Å². The number of nitrogens with one attached hydrogen (secondary N) is 3. The minimum absolute atomic E-state index is 0.111. The third-order valence-corrected chi connectivity index (χ3v) is 4.19. The highest BCUT2D eigenvalue weighted by molar-refractivity contribution is 5.90. The second-order valence-electron chi connectivity index (χ2n) is 7.10. The van der Waals surface area contributed by atoms with Crippen LogP contribution in [-0.4, -0.2) is 33.0 Å². The zero-order chi connectivity index (χ0) is 21.2. The maximum Gasteiger partial charge on any atom is 0.267 e. The highest BCUT2D eigenvalue weighted by Gasteiger charge is 2.22. The van der Waals surface area contributed by atoms with Crippen LogP contribution in [0.15, 0.2) is 48.8 Å². The molecule has 1 aromatic heterocycles. The Kier molecular flexibility index (Phi) is 8.29. The molecule has 0 aliphatic heterocycles. The molecule has 0 radical (unpaired) electrons. The summed E-state index contributed by atoms with van der Waals surface area (Å²) in [5.74, 6) is -0.00462. The van der Waals surface area contributed by atoms with Gasteiger partial charge in [0.25, 0.3) is 5.91 Å². The predicted octanol–water partition coefficient (Wildman–Crippen LogP) is 2.70. The van der Waals surface area contributed by atoms with Crippen LogP contribution in [0.1, 0.15) is 44.5 Å². The van der Waals surface area contributed by atoms with Gasteiger partial charge in [0, 0.05) is 6.08 Å². The number of hydrogen-bond acceptors (Lipinski definition) is 6. The van der Waals surface area contributed by atoms with Gasteiger partial charge in [-0.15, -0.1) is 0 Å². The van der Waals surface area contributed by atoms with Gasteiger partial charge in [-0.3, -0.25) is 19.8 Å². The van der Waals surface area contributed by atoms with E-state index in [1.165, 1.54) is 23.9 Å². The summed E-state index contributed by atoms with van der Waals surface area (Å²) in [6.07, 6.45) is 6.16. The van der Waals surface area contributed by atoms with E-state index in [2.05, 4.69) is 20.6 Å². The molecule has 29 heavy (non-hydrogen) atoms. The molecule has 1 aromatic carbocycles. The van der Waals surface area contributed by atoms with Crippen molar-refractivity contribution in [2.75, 3.05) is 5.32 Å². The lowest BCUT2D eigenvalue weighted by Gasteiger charge is -2.23. The number of amides is 2. The molecule has 0 bridgehead atoms. The third-order valence-electron chi connectivity index (χ3n) is 4.19. The molecule has 0 aliphatic carbocycles. The summed E-state index contributed by atoms with van der Waals surface area (Å²) in [5, 5.41) is 14.7. The van der Waals surface area contributed by atoms with Crippen molar-refractivity contribution in [1.82, 2.24) is 20.8 Å². The summed E-state index contributed by atoms with van der Waals surface area (Å²) in [6.45, 7) is 6.05. The minimum atomic E-state index is -0.657. The van der Waals surface area contributed by atoms with E-state index < -0.39 is 11.9 Å². The molecule has 4 N–H and O–H groups in total. The molecule has 0 saturated carbocycles. The summed E-state index contributed by atoms with van der Waals surface area (Å²) in [5.41, 5.74) is 2.98. The van der Waals surface area contributed by atoms with Crippen LogP contribution >= 0.6 is 0 Å². The van der Waals surface area contributed by atoms with Crippen LogP contribution in [0.3, 0.4) is 0 Å². The second-order valence-corrected chi connectivity index (χ2v) is 7.10. The van der Waals surface area contributed by atoms with Crippen molar-refractivity contribution in [3.63, 3.8) is 0 Å². The first-order valence-electron chi connectivity index (χ1n) is 9.45. The van der Waals surface area contributed by atoms with E-state index in [4.69, 9.17) is 5.21 Å². The first kappa shape index (κ1) is 22.0. The number of hydrogen-bond donors (Lipinski definition) is 4. The van der Waals surface area contributed by atoms with Crippen LogP contribution in [0, 0.1) is 5.92 Å². The minimum Gasteiger partial charge on any atom is -0.357 e. The number of carbonyl (C=O) groups is 2. The number of hydroxylamine groups is 1. The Balaban J connectivity index is 2.05. The molecule has 0 spiro atoms. The fraction of sp³-hybridized carbons (Fsp3) is 0.333. The molecule has 2 aromatic rings. The molecule has 0 fully saturated rings. The number of aromatic nitrogens is 2. The summed E-state index contributed by atoms with van der Waals surface area (Å²) in [4.78, 5) is 32.3. The van der Waals surface area contributed by atoms with Crippen LogP contribution in [-0.2, 0) is 9.59 Å². The van der Waals surface area contributed by atoms with Crippen molar-refractivity contribution in [2.45, 2.75) is 39.3 Å². The molecule has 0 saturated heterocycles. The largest absolute Gasteiger partial charge is 0.357 e. The van der Waals surface area contributed by atoms with Gasteiger partial charge in [0.15, 0.2) is 0 Å².